The zero-order valence-corrected chi connectivity index (χ0v) is 17.2. The number of thioether (sulfide) groups is 1. The maximum Gasteiger partial charge on any atom is 0.317 e. The number of likely N-dealkylation sites (tertiary alicyclic amines) is 1. The van der Waals surface area contributed by atoms with E-state index in [0.29, 0.717) is 5.56 Å². The number of ether oxygens (including phenoxy) is 1. The Labute approximate surface area is 170 Å². The van der Waals surface area contributed by atoms with Crippen LogP contribution in [0.1, 0.15) is 44.3 Å². The first kappa shape index (κ1) is 20.1. The summed E-state index contributed by atoms with van der Waals surface area (Å²) in [6.07, 6.45) is 3.31. The summed E-state index contributed by atoms with van der Waals surface area (Å²) in [6, 6.07) is 9.36. The van der Waals surface area contributed by atoms with Crippen LogP contribution < -0.4 is 5.32 Å². The van der Waals surface area contributed by atoms with Crippen molar-refractivity contribution >= 4 is 40.2 Å². The van der Waals surface area contributed by atoms with E-state index >= 15 is 0 Å². The monoisotopic (exact) mass is 406 g/mol. The van der Waals surface area contributed by atoms with Crippen molar-refractivity contribution in [3.05, 3.63) is 35.9 Å². The van der Waals surface area contributed by atoms with E-state index in [4.69, 9.17) is 17.0 Å². The molecule has 1 N–H and O–H groups in total. The second-order valence-electron chi connectivity index (χ2n) is 7.29. The average Bonchev–Trinajstić information content (AvgIpc) is 3.49. The van der Waals surface area contributed by atoms with Crippen LogP contribution in [0.15, 0.2) is 30.3 Å². The largest absolute Gasteiger partial charge is 0.447 e. The van der Waals surface area contributed by atoms with E-state index in [2.05, 4.69) is 17.1 Å². The Balaban J connectivity index is 1.52. The molecule has 27 heavy (non-hydrogen) atoms. The topological polar surface area (TPSA) is 58.6 Å². The Morgan fingerprint density at radius 3 is 2.52 bits per heavy atom. The maximum absolute atomic E-state index is 12.5. The number of esters is 1. The summed E-state index contributed by atoms with van der Waals surface area (Å²) in [7, 11) is 0. The fourth-order valence-corrected chi connectivity index (χ4v) is 4.01. The second kappa shape index (κ2) is 9.55. The van der Waals surface area contributed by atoms with Gasteiger partial charge in [-0.25, -0.2) is 0 Å². The number of thiocarbonyl (C=S) groups is 1. The number of carbonyl (C=O) groups is 2. The second-order valence-corrected chi connectivity index (χ2v) is 8.90. The van der Waals surface area contributed by atoms with Crippen molar-refractivity contribution in [1.29, 1.82) is 0 Å². The van der Waals surface area contributed by atoms with Crippen LogP contribution in [0.25, 0.3) is 0 Å². The van der Waals surface area contributed by atoms with Gasteiger partial charge in [-0.3, -0.25) is 9.59 Å². The third-order valence-electron chi connectivity index (χ3n) is 4.87. The maximum atomic E-state index is 12.5. The van der Waals surface area contributed by atoms with Gasteiger partial charge in [0, 0.05) is 24.7 Å². The molecule has 146 valence electrons. The van der Waals surface area contributed by atoms with E-state index in [-0.39, 0.29) is 17.7 Å². The quantitative estimate of drug-likeness (QED) is 0.578. The minimum absolute atomic E-state index is 0.116. The standard InChI is InChI=1S/C20H26N2O3S2/c1-14-9-11-22(12-10-14)20(26)27-13-17(23)25-18(15-5-3-2-4-6-15)19(24)21-16-7-8-16/h2-6,14,16,18H,7-13H2,1H3,(H,21,24)/t18-/m1/s1. The smallest absolute Gasteiger partial charge is 0.317 e. The zero-order chi connectivity index (χ0) is 19.2. The van der Waals surface area contributed by atoms with Gasteiger partial charge in [-0.1, -0.05) is 61.2 Å². The highest BCUT2D eigenvalue weighted by atomic mass is 32.2. The molecule has 0 spiro atoms. The predicted molar refractivity (Wildman–Crippen MR) is 111 cm³/mol. The Kier molecular flexibility index (Phi) is 7.13. The molecule has 1 aliphatic carbocycles. The number of rotatable bonds is 6. The van der Waals surface area contributed by atoms with Crippen LogP contribution in [0.5, 0.6) is 0 Å². The van der Waals surface area contributed by atoms with Crippen LogP contribution in [0.4, 0.5) is 0 Å². The molecule has 5 nitrogen and oxygen atoms in total. The Bertz CT molecular complexity index is 671. The zero-order valence-electron chi connectivity index (χ0n) is 15.6. The van der Waals surface area contributed by atoms with E-state index < -0.39 is 12.1 Å². The molecule has 1 aliphatic heterocycles. The van der Waals surface area contributed by atoms with Gasteiger partial charge in [-0.15, -0.1) is 0 Å². The molecule has 7 heteroatoms. The van der Waals surface area contributed by atoms with E-state index in [1.165, 1.54) is 11.8 Å². The molecule has 0 bridgehead atoms. The van der Waals surface area contributed by atoms with Crippen molar-refractivity contribution in [1.82, 2.24) is 10.2 Å². The van der Waals surface area contributed by atoms with E-state index in [0.717, 1.165) is 49.0 Å². The molecule has 2 fully saturated rings. The third-order valence-corrected chi connectivity index (χ3v) is 6.37. The minimum Gasteiger partial charge on any atom is -0.447 e. The van der Waals surface area contributed by atoms with Crippen molar-refractivity contribution in [2.75, 3.05) is 18.8 Å². The van der Waals surface area contributed by atoms with Gasteiger partial charge in [0.25, 0.3) is 5.91 Å². The molecule has 1 saturated heterocycles. The number of nitrogens with one attached hydrogen (secondary N) is 1. The molecule has 1 atom stereocenters. The fourth-order valence-electron chi connectivity index (χ4n) is 2.97. The SMILES string of the molecule is CC1CCN(C(=S)SCC(=O)O[C@@H](C(=O)NC2CC2)c2ccccc2)CC1. The van der Waals surface area contributed by atoms with Crippen LogP contribution in [-0.4, -0.2) is 46.0 Å². The first-order valence-electron chi connectivity index (χ1n) is 9.49. The van der Waals surface area contributed by atoms with Gasteiger partial charge >= 0.3 is 5.97 Å². The van der Waals surface area contributed by atoms with Crippen molar-refractivity contribution < 1.29 is 14.3 Å². The Hall–Kier alpha value is -1.60. The van der Waals surface area contributed by atoms with Gasteiger partial charge in [0.1, 0.15) is 4.32 Å². The fraction of sp³-hybridized carbons (Fsp3) is 0.550. The van der Waals surface area contributed by atoms with E-state index in [1.807, 2.05) is 18.2 Å². The van der Waals surface area contributed by atoms with Gasteiger partial charge in [0.05, 0.1) is 5.75 Å². The number of carbonyl (C=O) groups excluding carboxylic acids is 2. The van der Waals surface area contributed by atoms with Gasteiger partial charge in [-0.05, 0) is 31.6 Å². The van der Waals surface area contributed by atoms with E-state index in [1.54, 1.807) is 12.1 Å². The molecule has 1 amide bonds. The van der Waals surface area contributed by atoms with Crippen molar-refractivity contribution in [2.45, 2.75) is 44.8 Å². The van der Waals surface area contributed by atoms with Crippen LogP contribution in [-0.2, 0) is 14.3 Å². The van der Waals surface area contributed by atoms with Gasteiger partial charge in [-0.2, -0.15) is 0 Å². The highest BCUT2D eigenvalue weighted by Gasteiger charge is 2.31. The molecular formula is C20H26N2O3S2. The summed E-state index contributed by atoms with van der Waals surface area (Å²) in [5.41, 5.74) is 0.682. The Morgan fingerprint density at radius 2 is 1.89 bits per heavy atom. The number of piperidine rings is 1. The third kappa shape index (κ3) is 6.21. The van der Waals surface area contributed by atoms with Crippen LogP contribution in [0.2, 0.25) is 0 Å². The van der Waals surface area contributed by atoms with Crippen LogP contribution in [0.3, 0.4) is 0 Å². The predicted octanol–water partition coefficient (Wildman–Crippen LogP) is 3.30. The summed E-state index contributed by atoms with van der Waals surface area (Å²) in [5, 5.41) is 2.92. The molecule has 1 aromatic rings. The van der Waals surface area contributed by atoms with Gasteiger partial charge < -0.3 is 15.0 Å². The summed E-state index contributed by atoms with van der Waals surface area (Å²) in [5.74, 6) is 0.170. The summed E-state index contributed by atoms with van der Waals surface area (Å²) in [4.78, 5) is 27.0. The van der Waals surface area contributed by atoms with Crippen LogP contribution in [0, 0.1) is 5.92 Å². The molecule has 1 saturated carbocycles. The van der Waals surface area contributed by atoms with Gasteiger partial charge in [0.15, 0.2) is 0 Å². The average molecular weight is 407 g/mol. The van der Waals surface area contributed by atoms with E-state index in [9.17, 15) is 9.59 Å². The molecule has 0 radical (unpaired) electrons. The number of hydrogen-bond donors (Lipinski definition) is 1. The lowest BCUT2D eigenvalue weighted by Gasteiger charge is -2.31. The lowest BCUT2D eigenvalue weighted by atomic mass is 10.00. The number of benzene rings is 1. The lowest BCUT2D eigenvalue weighted by Crippen LogP contribution is -2.36. The molecule has 1 aromatic carbocycles. The highest BCUT2D eigenvalue weighted by Crippen LogP contribution is 2.24. The lowest BCUT2D eigenvalue weighted by molar-refractivity contribution is -0.154. The first-order chi connectivity index (χ1) is 13.0. The molecule has 3 rings (SSSR count). The highest BCUT2D eigenvalue weighted by molar-refractivity contribution is 8.23. The number of hydrogen-bond acceptors (Lipinski definition) is 5. The Morgan fingerprint density at radius 1 is 1.22 bits per heavy atom. The summed E-state index contributed by atoms with van der Waals surface area (Å²) < 4.78 is 6.27. The molecule has 1 heterocycles. The van der Waals surface area contributed by atoms with Crippen molar-refractivity contribution in [2.24, 2.45) is 5.92 Å². The molecular weight excluding hydrogens is 380 g/mol. The van der Waals surface area contributed by atoms with Crippen LogP contribution >= 0.6 is 24.0 Å². The van der Waals surface area contributed by atoms with Gasteiger partial charge in [0.2, 0.25) is 6.10 Å². The minimum atomic E-state index is -0.913. The van der Waals surface area contributed by atoms with Crippen molar-refractivity contribution in [3.63, 3.8) is 0 Å². The number of nitrogens with zero attached hydrogens (tertiary/aromatic N) is 1. The molecule has 0 aromatic heterocycles. The summed E-state index contributed by atoms with van der Waals surface area (Å²) in [6.45, 7) is 4.14. The number of amides is 1. The summed E-state index contributed by atoms with van der Waals surface area (Å²) >= 11 is 6.78. The first-order valence-corrected chi connectivity index (χ1v) is 10.9. The molecule has 0 unspecified atom stereocenters. The molecule has 2 aliphatic rings. The van der Waals surface area contributed by atoms with Crippen molar-refractivity contribution in [3.8, 4) is 0 Å². The normalized spacial score (nSPS) is 18.6.